The molecule has 1 heterocycles. The second-order valence-corrected chi connectivity index (χ2v) is 2.85. The van der Waals surface area contributed by atoms with Crippen LogP contribution < -0.4 is 10.5 Å². The third-order valence-electron chi connectivity index (χ3n) is 1.84. The van der Waals surface area contributed by atoms with Crippen LogP contribution in [0.5, 0.6) is 5.88 Å². The van der Waals surface area contributed by atoms with Crippen molar-refractivity contribution in [2.24, 2.45) is 5.73 Å². The van der Waals surface area contributed by atoms with Crippen LogP contribution in [0.1, 0.15) is 31.5 Å². The van der Waals surface area contributed by atoms with Crippen molar-refractivity contribution in [1.82, 2.24) is 9.97 Å². The van der Waals surface area contributed by atoms with E-state index in [1.807, 2.05) is 0 Å². The summed E-state index contributed by atoms with van der Waals surface area (Å²) in [7, 11) is 1.58. The van der Waals surface area contributed by atoms with E-state index in [1.54, 1.807) is 19.5 Å². The van der Waals surface area contributed by atoms with Crippen molar-refractivity contribution in [2.45, 2.75) is 25.8 Å². The molecule has 13 heavy (non-hydrogen) atoms. The van der Waals surface area contributed by atoms with Gasteiger partial charge in [-0.15, -0.1) is 0 Å². The zero-order valence-corrected chi connectivity index (χ0v) is 8.03. The van der Waals surface area contributed by atoms with Gasteiger partial charge in [-0.25, -0.2) is 4.98 Å². The summed E-state index contributed by atoms with van der Waals surface area (Å²) in [6.45, 7) is 2.09. The van der Waals surface area contributed by atoms with Gasteiger partial charge in [0.05, 0.1) is 13.2 Å². The molecule has 1 aromatic rings. The summed E-state index contributed by atoms with van der Waals surface area (Å²) in [6, 6.07) is -0.0753. The average molecular weight is 181 g/mol. The zero-order valence-electron chi connectivity index (χ0n) is 8.03. The van der Waals surface area contributed by atoms with E-state index in [-0.39, 0.29) is 6.04 Å². The molecule has 0 saturated heterocycles. The number of ether oxygens (including phenoxy) is 1. The van der Waals surface area contributed by atoms with Gasteiger partial charge in [-0.1, -0.05) is 13.3 Å². The lowest BCUT2D eigenvalue weighted by atomic mass is 10.1. The molecule has 0 radical (unpaired) electrons. The summed E-state index contributed by atoms with van der Waals surface area (Å²) < 4.78 is 5.06. The SMILES string of the molecule is CCCC(N)c1nccnc1OC. The Morgan fingerprint density at radius 2 is 2.15 bits per heavy atom. The molecule has 0 amide bonds. The molecule has 0 aromatic carbocycles. The Morgan fingerprint density at radius 1 is 1.46 bits per heavy atom. The first-order valence-corrected chi connectivity index (χ1v) is 4.40. The highest BCUT2D eigenvalue weighted by atomic mass is 16.5. The molecule has 0 bridgehead atoms. The largest absolute Gasteiger partial charge is 0.480 e. The van der Waals surface area contributed by atoms with Gasteiger partial charge in [0, 0.05) is 12.4 Å². The summed E-state index contributed by atoms with van der Waals surface area (Å²) >= 11 is 0. The monoisotopic (exact) mass is 181 g/mol. The Labute approximate surface area is 78.1 Å². The molecule has 4 nitrogen and oxygen atoms in total. The van der Waals surface area contributed by atoms with Crippen LogP contribution in [-0.4, -0.2) is 17.1 Å². The zero-order chi connectivity index (χ0) is 9.68. The van der Waals surface area contributed by atoms with E-state index in [0.29, 0.717) is 5.88 Å². The van der Waals surface area contributed by atoms with Crippen molar-refractivity contribution in [1.29, 1.82) is 0 Å². The number of nitrogens with two attached hydrogens (primary N) is 1. The van der Waals surface area contributed by atoms with Gasteiger partial charge in [0.15, 0.2) is 0 Å². The second-order valence-electron chi connectivity index (χ2n) is 2.85. The van der Waals surface area contributed by atoms with Crippen molar-refractivity contribution >= 4 is 0 Å². The van der Waals surface area contributed by atoms with E-state index in [0.717, 1.165) is 18.5 Å². The smallest absolute Gasteiger partial charge is 0.236 e. The molecule has 1 unspecified atom stereocenters. The Balaban J connectivity index is 2.85. The molecule has 0 aliphatic carbocycles. The van der Waals surface area contributed by atoms with Crippen LogP contribution in [0, 0.1) is 0 Å². The third kappa shape index (κ3) is 2.39. The van der Waals surface area contributed by atoms with Crippen LogP contribution in [0.2, 0.25) is 0 Å². The summed E-state index contributed by atoms with van der Waals surface area (Å²) in [6.07, 6.45) is 5.16. The summed E-state index contributed by atoms with van der Waals surface area (Å²) in [5, 5.41) is 0. The van der Waals surface area contributed by atoms with E-state index in [4.69, 9.17) is 10.5 Å². The quantitative estimate of drug-likeness (QED) is 0.760. The number of hydrogen-bond acceptors (Lipinski definition) is 4. The molecule has 2 N–H and O–H groups in total. The first-order chi connectivity index (χ1) is 6.29. The van der Waals surface area contributed by atoms with E-state index < -0.39 is 0 Å². The van der Waals surface area contributed by atoms with E-state index in [9.17, 15) is 0 Å². The van der Waals surface area contributed by atoms with Gasteiger partial charge in [0.25, 0.3) is 0 Å². The molecule has 1 aromatic heterocycles. The van der Waals surface area contributed by atoms with Gasteiger partial charge in [0.1, 0.15) is 5.69 Å². The van der Waals surface area contributed by atoms with Crippen LogP contribution in [-0.2, 0) is 0 Å². The van der Waals surface area contributed by atoms with Crippen LogP contribution in [0.3, 0.4) is 0 Å². The maximum absolute atomic E-state index is 5.90. The van der Waals surface area contributed by atoms with E-state index in [2.05, 4.69) is 16.9 Å². The standard InChI is InChI=1S/C9H15N3O/c1-3-4-7(10)8-9(13-2)12-6-5-11-8/h5-7H,3-4,10H2,1-2H3. The van der Waals surface area contributed by atoms with Crippen molar-refractivity contribution in [3.8, 4) is 5.88 Å². The van der Waals surface area contributed by atoms with Crippen LogP contribution >= 0.6 is 0 Å². The molecule has 0 aliphatic rings. The minimum absolute atomic E-state index is 0.0753. The molecule has 1 rings (SSSR count). The third-order valence-corrected chi connectivity index (χ3v) is 1.84. The molecule has 0 aliphatic heterocycles. The summed E-state index contributed by atoms with van der Waals surface area (Å²) in [4.78, 5) is 8.19. The highest BCUT2D eigenvalue weighted by molar-refractivity contribution is 5.20. The van der Waals surface area contributed by atoms with Crippen LogP contribution in [0.25, 0.3) is 0 Å². The number of rotatable bonds is 4. The lowest BCUT2D eigenvalue weighted by Gasteiger charge is -2.11. The molecule has 72 valence electrons. The van der Waals surface area contributed by atoms with Gasteiger partial charge < -0.3 is 10.5 Å². The van der Waals surface area contributed by atoms with Crippen LogP contribution in [0.4, 0.5) is 0 Å². The molecule has 1 atom stereocenters. The predicted octanol–water partition coefficient (Wildman–Crippen LogP) is 1.29. The van der Waals surface area contributed by atoms with E-state index in [1.165, 1.54) is 0 Å². The minimum Gasteiger partial charge on any atom is -0.480 e. The highest BCUT2D eigenvalue weighted by Gasteiger charge is 2.12. The Bertz CT molecular complexity index is 265. The molecule has 4 heteroatoms. The molecule has 0 spiro atoms. The van der Waals surface area contributed by atoms with Crippen molar-refractivity contribution < 1.29 is 4.74 Å². The van der Waals surface area contributed by atoms with Crippen LogP contribution in [0.15, 0.2) is 12.4 Å². The minimum atomic E-state index is -0.0753. The number of hydrogen-bond donors (Lipinski definition) is 1. The Morgan fingerprint density at radius 3 is 2.77 bits per heavy atom. The fraction of sp³-hybridized carbons (Fsp3) is 0.556. The van der Waals surface area contributed by atoms with Gasteiger partial charge in [-0.2, -0.15) is 0 Å². The fourth-order valence-corrected chi connectivity index (χ4v) is 1.20. The molecular formula is C9H15N3O. The fourth-order valence-electron chi connectivity index (χ4n) is 1.20. The molecular weight excluding hydrogens is 166 g/mol. The van der Waals surface area contributed by atoms with Crippen molar-refractivity contribution in [2.75, 3.05) is 7.11 Å². The molecule has 0 saturated carbocycles. The van der Waals surface area contributed by atoms with Crippen molar-refractivity contribution in [3.63, 3.8) is 0 Å². The number of nitrogens with zero attached hydrogens (tertiary/aromatic N) is 2. The maximum atomic E-state index is 5.90. The van der Waals surface area contributed by atoms with Gasteiger partial charge in [-0.3, -0.25) is 4.98 Å². The predicted molar refractivity (Wildman–Crippen MR) is 50.4 cm³/mol. The van der Waals surface area contributed by atoms with Crippen molar-refractivity contribution in [3.05, 3.63) is 18.1 Å². The first kappa shape index (κ1) is 9.92. The lowest BCUT2D eigenvalue weighted by Crippen LogP contribution is -2.13. The number of aromatic nitrogens is 2. The maximum Gasteiger partial charge on any atom is 0.236 e. The topological polar surface area (TPSA) is 61.0 Å². The normalized spacial score (nSPS) is 12.5. The number of methoxy groups -OCH3 is 1. The lowest BCUT2D eigenvalue weighted by molar-refractivity contribution is 0.382. The molecule has 0 fully saturated rings. The Hall–Kier alpha value is -1.16. The summed E-state index contributed by atoms with van der Waals surface area (Å²) in [5.74, 6) is 0.531. The van der Waals surface area contributed by atoms with Gasteiger partial charge >= 0.3 is 0 Å². The average Bonchev–Trinajstić information content (AvgIpc) is 2.18. The Kier molecular flexibility index (Phi) is 3.64. The van der Waals surface area contributed by atoms with Gasteiger partial charge in [-0.05, 0) is 6.42 Å². The first-order valence-electron chi connectivity index (χ1n) is 4.40. The summed E-state index contributed by atoms with van der Waals surface area (Å²) in [5.41, 5.74) is 6.64. The highest BCUT2D eigenvalue weighted by Crippen LogP contribution is 2.20. The van der Waals surface area contributed by atoms with Gasteiger partial charge in [0.2, 0.25) is 5.88 Å². The van der Waals surface area contributed by atoms with E-state index >= 15 is 0 Å². The second kappa shape index (κ2) is 4.77.